The normalized spacial score (nSPS) is 10.5. The van der Waals surface area contributed by atoms with Crippen LogP contribution in [-0.2, 0) is 14.3 Å². The number of nitrogens with zero attached hydrogens (tertiary/aromatic N) is 1. The summed E-state index contributed by atoms with van der Waals surface area (Å²) in [6.45, 7) is 2.94. The summed E-state index contributed by atoms with van der Waals surface area (Å²) in [6.07, 6.45) is 1.04. The maximum absolute atomic E-state index is 11.9. The third-order valence-corrected chi connectivity index (χ3v) is 3.62. The van der Waals surface area contributed by atoms with Crippen molar-refractivity contribution in [2.45, 2.75) is 19.8 Å². The fourth-order valence-electron chi connectivity index (χ4n) is 1.83. The quantitative estimate of drug-likeness (QED) is 0.762. The zero-order chi connectivity index (χ0) is 15.8. The smallest absolute Gasteiger partial charge is 0.305 e. The van der Waals surface area contributed by atoms with Gasteiger partial charge in [0.2, 0.25) is 5.91 Å². The van der Waals surface area contributed by atoms with E-state index < -0.39 is 0 Å². The minimum absolute atomic E-state index is 0.0832. The molecule has 0 unspecified atom stereocenters. The summed E-state index contributed by atoms with van der Waals surface area (Å²) in [7, 11) is 3.22. The largest absolute Gasteiger partial charge is 0.469 e. The van der Waals surface area contributed by atoms with E-state index in [1.807, 2.05) is 37.1 Å². The van der Waals surface area contributed by atoms with Gasteiger partial charge >= 0.3 is 5.97 Å². The number of hydrogen-bond acceptors (Lipinski definition) is 4. The molecular weight excluding hydrogens is 336 g/mol. The molecule has 0 heterocycles. The molecule has 21 heavy (non-hydrogen) atoms. The van der Waals surface area contributed by atoms with Gasteiger partial charge in [-0.3, -0.25) is 14.5 Å². The zero-order valence-electron chi connectivity index (χ0n) is 12.6. The Kier molecular flexibility index (Phi) is 7.39. The van der Waals surface area contributed by atoms with Gasteiger partial charge in [-0.25, -0.2) is 0 Å². The highest BCUT2D eigenvalue weighted by Crippen LogP contribution is 2.23. The summed E-state index contributed by atoms with van der Waals surface area (Å²) in [5.41, 5.74) is 1.88. The number of methoxy groups -OCH3 is 1. The van der Waals surface area contributed by atoms with Crippen molar-refractivity contribution < 1.29 is 14.3 Å². The molecule has 5 nitrogen and oxygen atoms in total. The fraction of sp³-hybridized carbons (Fsp3) is 0.467. The fourth-order valence-corrected chi connectivity index (χ4v) is 2.42. The third-order valence-electron chi connectivity index (χ3n) is 2.96. The van der Waals surface area contributed by atoms with Crippen LogP contribution in [0.3, 0.4) is 0 Å². The summed E-state index contributed by atoms with van der Waals surface area (Å²) < 4.78 is 5.44. The summed E-state index contributed by atoms with van der Waals surface area (Å²) >= 11 is 3.43. The number of hydrogen-bond donors (Lipinski definition) is 1. The molecule has 0 atom stereocenters. The van der Waals surface area contributed by atoms with Crippen LogP contribution in [0.2, 0.25) is 0 Å². The van der Waals surface area contributed by atoms with Gasteiger partial charge in [-0.2, -0.15) is 0 Å². The first-order chi connectivity index (χ1) is 9.92. The average molecular weight is 357 g/mol. The van der Waals surface area contributed by atoms with Crippen molar-refractivity contribution in [1.82, 2.24) is 4.90 Å². The maximum atomic E-state index is 11.9. The van der Waals surface area contributed by atoms with E-state index in [2.05, 4.69) is 26.0 Å². The van der Waals surface area contributed by atoms with Crippen LogP contribution >= 0.6 is 15.9 Å². The Hall–Kier alpha value is -1.40. The molecule has 116 valence electrons. The molecule has 1 N–H and O–H groups in total. The average Bonchev–Trinajstić information content (AvgIpc) is 2.41. The first-order valence-corrected chi connectivity index (χ1v) is 7.53. The molecule has 1 rings (SSSR count). The van der Waals surface area contributed by atoms with Crippen LogP contribution in [0.1, 0.15) is 18.4 Å². The van der Waals surface area contributed by atoms with Crippen LogP contribution in [0.15, 0.2) is 22.7 Å². The molecule has 0 aliphatic carbocycles. The van der Waals surface area contributed by atoms with Gasteiger partial charge in [0.05, 0.1) is 19.3 Å². The zero-order valence-corrected chi connectivity index (χ0v) is 14.2. The molecule has 1 aromatic rings. The van der Waals surface area contributed by atoms with Gasteiger partial charge in [0.15, 0.2) is 0 Å². The van der Waals surface area contributed by atoms with E-state index in [0.717, 1.165) is 15.7 Å². The Morgan fingerprint density at radius 2 is 2.10 bits per heavy atom. The lowest BCUT2D eigenvalue weighted by Crippen LogP contribution is -2.31. The van der Waals surface area contributed by atoms with Crippen LogP contribution in [0.4, 0.5) is 5.69 Å². The number of benzene rings is 1. The lowest BCUT2D eigenvalue weighted by atomic mass is 10.2. The van der Waals surface area contributed by atoms with Crippen molar-refractivity contribution in [3.05, 3.63) is 28.2 Å². The molecule has 0 spiro atoms. The van der Waals surface area contributed by atoms with Crippen LogP contribution in [-0.4, -0.2) is 44.0 Å². The predicted molar refractivity (Wildman–Crippen MR) is 86.3 cm³/mol. The van der Waals surface area contributed by atoms with E-state index in [0.29, 0.717) is 19.4 Å². The number of carbonyl (C=O) groups is 2. The highest BCUT2D eigenvalue weighted by Gasteiger charge is 2.09. The monoisotopic (exact) mass is 356 g/mol. The van der Waals surface area contributed by atoms with Crippen molar-refractivity contribution in [2.75, 3.05) is 32.6 Å². The van der Waals surface area contributed by atoms with Gasteiger partial charge < -0.3 is 10.1 Å². The number of halogens is 1. The van der Waals surface area contributed by atoms with Gasteiger partial charge in [-0.15, -0.1) is 0 Å². The van der Waals surface area contributed by atoms with Crippen LogP contribution in [0.25, 0.3) is 0 Å². The highest BCUT2D eigenvalue weighted by atomic mass is 79.9. The molecule has 1 amide bonds. The summed E-state index contributed by atoms with van der Waals surface area (Å²) in [5, 5.41) is 2.86. The standard InChI is InChI=1S/C15H21BrN2O3/c1-11-6-7-13(12(16)9-11)17-14(19)10-18(2)8-4-5-15(20)21-3/h6-7,9H,4-5,8,10H2,1-3H3,(H,17,19). The Balaban J connectivity index is 2.37. The maximum Gasteiger partial charge on any atom is 0.305 e. The van der Waals surface area contributed by atoms with Gasteiger partial charge in [-0.05, 0) is 60.6 Å². The molecule has 0 aliphatic rings. The molecule has 0 saturated carbocycles. The lowest BCUT2D eigenvalue weighted by Gasteiger charge is -2.16. The van der Waals surface area contributed by atoms with Gasteiger partial charge in [-0.1, -0.05) is 6.07 Å². The number of aryl methyl sites for hydroxylation is 1. The number of amides is 1. The lowest BCUT2D eigenvalue weighted by molar-refractivity contribution is -0.140. The number of nitrogens with one attached hydrogen (secondary N) is 1. The van der Waals surface area contributed by atoms with Crippen LogP contribution in [0, 0.1) is 6.92 Å². The van der Waals surface area contributed by atoms with E-state index in [9.17, 15) is 9.59 Å². The van der Waals surface area contributed by atoms with Gasteiger partial charge in [0.25, 0.3) is 0 Å². The van der Waals surface area contributed by atoms with Crippen LogP contribution in [0.5, 0.6) is 0 Å². The Bertz CT molecular complexity index is 506. The van der Waals surface area contributed by atoms with Crippen molar-refractivity contribution >= 4 is 33.5 Å². The molecule has 0 aliphatic heterocycles. The third kappa shape index (κ3) is 6.73. The van der Waals surface area contributed by atoms with Crippen molar-refractivity contribution in [3.63, 3.8) is 0 Å². The number of likely N-dealkylation sites (N-methyl/N-ethyl adjacent to an activating group) is 1. The van der Waals surface area contributed by atoms with E-state index in [4.69, 9.17) is 0 Å². The molecule has 0 bridgehead atoms. The molecule has 1 aromatic carbocycles. The second-order valence-electron chi connectivity index (χ2n) is 4.95. The second kappa shape index (κ2) is 8.79. The SMILES string of the molecule is COC(=O)CCCN(C)CC(=O)Nc1ccc(C)cc1Br. The Labute approximate surface area is 133 Å². The minimum Gasteiger partial charge on any atom is -0.469 e. The molecule has 0 saturated heterocycles. The number of carbonyl (C=O) groups excluding carboxylic acids is 2. The van der Waals surface area contributed by atoms with Gasteiger partial charge in [0, 0.05) is 10.9 Å². The molecule has 0 radical (unpaired) electrons. The molecule has 6 heteroatoms. The predicted octanol–water partition coefficient (Wildman–Crippen LogP) is 2.58. The van der Waals surface area contributed by atoms with Crippen molar-refractivity contribution in [1.29, 1.82) is 0 Å². The Morgan fingerprint density at radius 3 is 2.71 bits per heavy atom. The topological polar surface area (TPSA) is 58.6 Å². The number of esters is 1. The highest BCUT2D eigenvalue weighted by molar-refractivity contribution is 9.10. The summed E-state index contributed by atoms with van der Waals surface area (Å²) in [5.74, 6) is -0.309. The molecule has 0 fully saturated rings. The van der Waals surface area contributed by atoms with Crippen molar-refractivity contribution in [3.8, 4) is 0 Å². The van der Waals surface area contributed by atoms with Gasteiger partial charge in [0.1, 0.15) is 0 Å². The number of ether oxygens (including phenoxy) is 1. The summed E-state index contributed by atoms with van der Waals surface area (Å²) in [6, 6.07) is 5.77. The molecular formula is C15H21BrN2O3. The number of anilines is 1. The molecule has 0 aromatic heterocycles. The van der Waals surface area contributed by atoms with E-state index in [1.165, 1.54) is 7.11 Å². The summed E-state index contributed by atoms with van der Waals surface area (Å²) in [4.78, 5) is 24.8. The Morgan fingerprint density at radius 1 is 1.38 bits per heavy atom. The van der Waals surface area contributed by atoms with Crippen LogP contribution < -0.4 is 5.32 Å². The number of rotatable bonds is 7. The first-order valence-electron chi connectivity index (χ1n) is 6.73. The minimum atomic E-state index is -0.226. The van der Waals surface area contributed by atoms with E-state index in [1.54, 1.807) is 0 Å². The first kappa shape index (κ1) is 17.7. The van der Waals surface area contributed by atoms with E-state index >= 15 is 0 Å². The second-order valence-corrected chi connectivity index (χ2v) is 5.80. The van der Waals surface area contributed by atoms with Crippen molar-refractivity contribution in [2.24, 2.45) is 0 Å². The van der Waals surface area contributed by atoms with E-state index in [-0.39, 0.29) is 18.4 Å².